The van der Waals surface area contributed by atoms with Gasteiger partial charge in [0.2, 0.25) is 0 Å². The molecule has 0 bridgehead atoms. The van der Waals surface area contributed by atoms with Gasteiger partial charge in [0, 0.05) is 18.4 Å². The topological polar surface area (TPSA) is 38.9 Å². The molecule has 15 heavy (non-hydrogen) atoms. The van der Waals surface area contributed by atoms with Gasteiger partial charge in [0.15, 0.2) is 0 Å². The average Bonchev–Trinajstić information content (AvgIpc) is 2.30. The van der Waals surface area contributed by atoms with Crippen molar-refractivity contribution in [2.45, 2.75) is 38.6 Å². The fourth-order valence-corrected chi connectivity index (χ4v) is 2.50. The van der Waals surface area contributed by atoms with Crippen molar-refractivity contribution in [1.82, 2.24) is 4.98 Å². The van der Waals surface area contributed by atoms with E-state index >= 15 is 0 Å². The van der Waals surface area contributed by atoms with Gasteiger partial charge < -0.3 is 5.73 Å². The molecule has 1 fully saturated rings. The second-order valence-corrected chi connectivity index (χ2v) is 4.83. The Hall–Kier alpha value is -0.890. The largest absolute Gasteiger partial charge is 0.324 e. The van der Waals surface area contributed by atoms with Crippen LogP contribution in [0.3, 0.4) is 0 Å². The Morgan fingerprint density at radius 1 is 1.20 bits per heavy atom. The molecule has 2 heteroatoms. The van der Waals surface area contributed by atoms with Gasteiger partial charge in [-0.1, -0.05) is 19.8 Å². The maximum Gasteiger partial charge on any atom is 0.0324 e. The molecule has 82 valence electrons. The fraction of sp³-hybridized carbons (Fsp3) is 0.615. The van der Waals surface area contributed by atoms with Gasteiger partial charge in [-0.25, -0.2) is 0 Å². The number of nitrogens with two attached hydrogens (primary N) is 1. The summed E-state index contributed by atoms with van der Waals surface area (Å²) in [5.41, 5.74) is 7.53. The second-order valence-electron chi connectivity index (χ2n) is 4.83. The van der Waals surface area contributed by atoms with Gasteiger partial charge in [-0.15, -0.1) is 0 Å². The van der Waals surface area contributed by atoms with Gasteiger partial charge in [-0.2, -0.15) is 0 Å². The minimum Gasteiger partial charge on any atom is -0.324 e. The first-order valence-electron chi connectivity index (χ1n) is 5.93. The summed E-state index contributed by atoms with van der Waals surface area (Å²) in [6, 6.07) is 4.30. The third kappa shape index (κ3) is 2.57. The highest BCUT2D eigenvalue weighted by Gasteiger charge is 2.24. The van der Waals surface area contributed by atoms with Crippen LogP contribution in [0.15, 0.2) is 24.5 Å². The monoisotopic (exact) mass is 204 g/mol. The van der Waals surface area contributed by atoms with Crippen LogP contribution in [0, 0.1) is 11.8 Å². The van der Waals surface area contributed by atoms with Gasteiger partial charge in [-0.05, 0) is 42.4 Å². The average molecular weight is 204 g/mol. The van der Waals surface area contributed by atoms with Crippen LogP contribution < -0.4 is 5.73 Å². The second kappa shape index (κ2) is 4.75. The lowest BCUT2D eigenvalue weighted by Crippen LogP contribution is -2.25. The molecule has 2 rings (SSSR count). The molecule has 1 aliphatic carbocycles. The third-order valence-electron chi connectivity index (χ3n) is 3.66. The molecule has 1 aromatic heterocycles. The Morgan fingerprint density at radius 3 is 2.40 bits per heavy atom. The molecule has 1 aromatic rings. The van der Waals surface area contributed by atoms with E-state index in [4.69, 9.17) is 5.73 Å². The van der Waals surface area contributed by atoms with Crippen LogP contribution >= 0.6 is 0 Å². The van der Waals surface area contributed by atoms with Gasteiger partial charge >= 0.3 is 0 Å². The maximum atomic E-state index is 6.29. The molecule has 2 nitrogen and oxygen atoms in total. The number of hydrogen-bond acceptors (Lipinski definition) is 2. The highest BCUT2D eigenvalue weighted by atomic mass is 14.7. The van der Waals surface area contributed by atoms with E-state index in [0.717, 1.165) is 5.92 Å². The van der Waals surface area contributed by atoms with Gasteiger partial charge in [0.05, 0.1) is 0 Å². The van der Waals surface area contributed by atoms with E-state index in [1.54, 1.807) is 0 Å². The van der Waals surface area contributed by atoms with Crippen molar-refractivity contribution in [3.63, 3.8) is 0 Å². The lowest BCUT2D eigenvalue weighted by Gasteiger charge is -2.30. The molecular weight excluding hydrogens is 184 g/mol. The molecule has 0 saturated heterocycles. The third-order valence-corrected chi connectivity index (χ3v) is 3.66. The van der Waals surface area contributed by atoms with Crippen molar-refractivity contribution in [3.05, 3.63) is 30.1 Å². The number of pyridine rings is 1. The predicted molar refractivity (Wildman–Crippen MR) is 62.3 cm³/mol. The van der Waals surface area contributed by atoms with E-state index < -0.39 is 0 Å². The van der Waals surface area contributed by atoms with E-state index in [1.165, 1.54) is 31.2 Å². The molecule has 0 aromatic carbocycles. The normalized spacial score (nSPS) is 28.7. The molecule has 1 heterocycles. The lowest BCUT2D eigenvalue weighted by molar-refractivity contribution is 0.256. The van der Waals surface area contributed by atoms with Crippen molar-refractivity contribution < 1.29 is 0 Å². The summed E-state index contributed by atoms with van der Waals surface area (Å²) < 4.78 is 0. The predicted octanol–water partition coefficient (Wildman–Crippen LogP) is 2.91. The van der Waals surface area contributed by atoms with E-state index in [1.807, 2.05) is 24.5 Å². The van der Waals surface area contributed by atoms with Crippen molar-refractivity contribution in [2.75, 3.05) is 0 Å². The molecule has 1 unspecified atom stereocenters. The first-order chi connectivity index (χ1) is 7.27. The Bertz CT molecular complexity index is 289. The van der Waals surface area contributed by atoms with Crippen molar-refractivity contribution in [1.29, 1.82) is 0 Å². The van der Waals surface area contributed by atoms with Crippen molar-refractivity contribution in [2.24, 2.45) is 17.6 Å². The Labute approximate surface area is 91.9 Å². The highest BCUT2D eigenvalue weighted by Crippen LogP contribution is 2.35. The first-order valence-corrected chi connectivity index (χ1v) is 5.93. The van der Waals surface area contributed by atoms with Crippen LogP contribution in [0.25, 0.3) is 0 Å². The summed E-state index contributed by atoms with van der Waals surface area (Å²) in [5.74, 6) is 1.56. The van der Waals surface area contributed by atoms with Gasteiger partial charge in [-0.3, -0.25) is 4.98 Å². The van der Waals surface area contributed by atoms with Crippen LogP contribution in [0.5, 0.6) is 0 Å². The molecule has 1 saturated carbocycles. The molecule has 0 amide bonds. The Morgan fingerprint density at radius 2 is 1.80 bits per heavy atom. The van der Waals surface area contributed by atoms with Crippen LogP contribution in [0.4, 0.5) is 0 Å². The summed E-state index contributed by atoms with van der Waals surface area (Å²) in [6.45, 7) is 2.34. The van der Waals surface area contributed by atoms with E-state index in [0.29, 0.717) is 5.92 Å². The first kappa shape index (κ1) is 10.6. The summed E-state index contributed by atoms with van der Waals surface area (Å²) in [5, 5.41) is 0. The zero-order valence-electron chi connectivity index (χ0n) is 9.39. The van der Waals surface area contributed by atoms with Crippen LogP contribution in [0.2, 0.25) is 0 Å². The summed E-state index contributed by atoms with van der Waals surface area (Å²) in [6.07, 6.45) is 8.91. The smallest absolute Gasteiger partial charge is 0.0324 e. The van der Waals surface area contributed by atoms with Gasteiger partial charge in [0.25, 0.3) is 0 Å². The number of nitrogens with zero attached hydrogens (tertiary/aromatic N) is 1. The Balaban J connectivity index is 1.99. The number of rotatable bonds is 2. The van der Waals surface area contributed by atoms with E-state index in [9.17, 15) is 0 Å². The van der Waals surface area contributed by atoms with Crippen LogP contribution in [-0.2, 0) is 0 Å². The molecular formula is C13H20N2. The number of aromatic nitrogens is 1. The fourth-order valence-electron chi connectivity index (χ4n) is 2.50. The summed E-state index contributed by atoms with van der Waals surface area (Å²) in [7, 11) is 0. The molecule has 2 N–H and O–H groups in total. The Kier molecular flexibility index (Phi) is 3.37. The zero-order valence-corrected chi connectivity index (χ0v) is 9.39. The van der Waals surface area contributed by atoms with Crippen molar-refractivity contribution >= 4 is 0 Å². The molecule has 1 atom stereocenters. The van der Waals surface area contributed by atoms with E-state index in [2.05, 4.69) is 11.9 Å². The molecule has 1 aliphatic rings. The van der Waals surface area contributed by atoms with Crippen LogP contribution in [-0.4, -0.2) is 4.98 Å². The zero-order chi connectivity index (χ0) is 10.7. The minimum absolute atomic E-state index is 0.209. The minimum atomic E-state index is 0.209. The van der Waals surface area contributed by atoms with Crippen molar-refractivity contribution in [3.8, 4) is 0 Å². The number of hydrogen-bond donors (Lipinski definition) is 1. The van der Waals surface area contributed by atoms with Crippen LogP contribution in [0.1, 0.15) is 44.2 Å². The SMILES string of the molecule is CC1CCC(C(N)c2ccncc2)CC1. The molecule has 0 aliphatic heterocycles. The highest BCUT2D eigenvalue weighted by molar-refractivity contribution is 5.15. The quantitative estimate of drug-likeness (QED) is 0.804. The van der Waals surface area contributed by atoms with Gasteiger partial charge in [0.1, 0.15) is 0 Å². The maximum absolute atomic E-state index is 6.29. The summed E-state index contributed by atoms with van der Waals surface area (Å²) in [4.78, 5) is 4.03. The molecule has 0 spiro atoms. The summed E-state index contributed by atoms with van der Waals surface area (Å²) >= 11 is 0. The molecule has 0 radical (unpaired) electrons. The lowest BCUT2D eigenvalue weighted by atomic mass is 9.78. The standard InChI is InChI=1S/C13H20N2/c1-10-2-4-11(5-3-10)13(14)12-6-8-15-9-7-12/h6-11,13H,2-5,14H2,1H3. The van der Waals surface area contributed by atoms with E-state index in [-0.39, 0.29) is 6.04 Å².